The van der Waals surface area contributed by atoms with Gasteiger partial charge < -0.3 is 4.74 Å². The summed E-state index contributed by atoms with van der Waals surface area (Å²) in [5.74, 6) is 0.711. The van der Waals surface area contributed by atoms with Crippen LogP contribution in [0, 0.1) is 18.3 Å². The van der Waals surface area contributed by atoms with E-state index in [1.54, 1.807) is 6.07 Å². The summed E-state index contributed by atoms with van der Waals surface area (Å²) in [4.78, 5) is 0. The summed E-state index contributed by atoms with van der Waals surface area (Å²) < 4.78 is 5.34. The number of hydrogen-bond donors (Lipinski definition) is 0. The molecule has 0 aliphatic carbocycles. The molecule has 0 spiro atoms. The standard InChI is InChI=1S/C10H11NO/c1-3-12-10-8(2)5-4-6-9(10)7-11/h4-6H,3H2,1-2H3. The van der Waals surface area contributed by atoms with E-state index in [-0.39, 0.29) is 0 Å². The zero-order chi connectivity index (χ0) is 8.97. The molecule has 62 valence electrons. The Kier molecular flexibility index (Phi) is 2.71. The fourth-order valence-corrected chi connectivity index (χ4v) is 1.08. The lowest BCUT2D eigenvalue weighted by atomic mass is 10.1. The Morgan fingerprint density at radius 2 is 2.25 bits per heavy atom. The first-order chi connectivity index (χ1) is 5.79. The summed E-state index contributed by atoms with van der Waals surface area (Å²) >= 11 is 0. The van der Waals surface area contributed by atoms with E-state index in [4.69, 9.17) is 10.00 Å². The van der Waals surface area contributed by atoms with Gasteiger partial charge >= 0.3 is 0 Å². The highest BCUT2D eigenvalue weighted by Crippen LogP contribution is 2.22. The molecule has 0 N–H and O–H groups in total. The molecule has 1 aromatic rings. The summed E-state index contributed by atoms with van der Waals surface area (Å²) in [6.45, 7) is 4.44. The third-order valence-corrected chi connectivity index (χ3v) is 1.62. The van der Waals surface area contributed by atoms with Crippen LogP contribution in [0.25, 0.3) is 0 Å². The Morgan fingerprint density at radius 3 is 2.83 bits per heavy atom. The summed E-state index contributed by atoms with van der Waals surface area (Å²) in [5.41, 5.74) is 1.62. The first-order valence-corrected chi connectivity index (χ1v) is 3.92. The molecule has 0 aliphatic heterocycles. The smallest absolute Gasteiger partial charge is 0.139 e. The number of nitriles is 1. The van der Waals surface area contributed by atoms with Gasteiger partial charge in [-0.1, -0.05) is 12.1 Å². The second-order valence-corrected chi connectivity index (χ2v) is 2.50. The highest BCUT2D eigenvalue weighted by Gasteiger charge is 2.04. The molecular weight excluding hydrogens is 150 g/mol. The molecule has 0 bridgehead atoms. The molecule has 0 saturated heterocycles. The van der Waals surface area contributed by atoms with Gasteiger partial charge in [-0.3, -0.25) is 0 Å². The highest BCUT2D eigenvalue weighted by atomic mass is 16.5. The Labute approximate surface area is 72.4 Å². The van der Waals surface area contributed by atoms with Crippen LogP contribution in [0.3, 0.4) is 0 Å². The van der Waals surface area contributed by atoms with Crippen LogP contribution < -0.4 is 4.74 Å². The van der Waals surface area contributed by atoms with Gasteiger partial charge in [-0.15, -0.1) is 0 Å². The maximum absolute atomic E-state index is 8.74. The van der Waals surface area contributed by atoms with Crippen LogP contribution in [-0.4, -0.2) is 6.61 Å². The topological polar surface area (TPSA) is 33.0 Å². The molecule has 0 fully saturated rings. The maximum Gasteiger partial charge on any atom is 0.139 e. The average Bonchev–Trinajstić information content (AvgIpc) is 2.09. The minimum Gasteiger partial charge on any atom is -0.492 e. The van der Waals surface area contributed by atoms with Crippen molar-refractivity contribution in [2.45, 2.75) is 13.8 Å². The van der Waals surface area contributed by atoms with Crippen molar-refractivity contribution in [3.05, 3.63) is 29.3 Å². The molecular formula is C10H11NO. The number of aryl methyl sites for hydroxylation is 1. The van der Waals surface area contributed by atoms with Crippen LogP contribution >= 0.6 is 0 Å². The first-order valence-electron chi connectivity index (χ1n) is 3.92. The number of hydrogen-bond acceptors (Lipinski definition) is 2. The Balaban J connectivity index is 3.13. The van der Waals surface area contributed by atoms with Crippen molar-refractivity contribution in [1.82, 2.24) is 0 Å². The van der Waals surface area contributed by atoms with E-state index in [1.165, 1.54) is 0 Å². The van der Waals surface area contributed by atoms with Crippen molar-refractivity contribution in [2.24, 2.45) is 0 Å². The van der Waals surface area contributed by atoms with E-state index in [2.05, 4.69) is 6.07 Å². The molecule has 1 aromatic carbocycles. The molecule has 0 unspecified atom stereocenters. The van der Waals surface area contributed by atoms with Crippen LogP contribution in [0.1, 0.15) is 18.1 Å². The second kappa shape index (κ2) is 3.77. The molecule has 0 heterocycles. The number of rotatable bonds is 2. The lowest BCUT2D eigenvalue weighted by Gasteiger charge is -2.07. The molecule has 0 aliphatic rings. The largest absolute Gasteiger partial charge is 0.492 e. The fraction of sp³-hybridized carbons (Fsp3) is 0.300. The Morgan fingerprint density at radius 1 is 1.50 bits per heavy atom. The van der Waals surface area contributed by atoms with Crippen LogP contribution in [-0.2, 0) is 0 Å². The summed E-state index contributed by atoms with van der Waals surface area (Å²) in [6.07, 6.45) is 0. The Hall–Kier alpha value is -1.49. The van der Waals surface area contributed by atoms with Crippen molar-refractivity contribution < 1.29 is 4.74 Å². The van der Waals surface area contributed by atoms with Gasteiger partial charge in [0.25, 0.3) is 0 Å². The van der Waals surface area contributed by atoms with Gasteiger partial charge in [0.05, 0.1) is 12.2 Å². The molecule has 0 radical (unpaired) electrons. The van der Waals surface area contributed by atoms with E-state index < -0.39 is 0 Å². The minimum absolute atomic E-state index is 0.597. The van der Waals surface area contributed by atoms with Crippen molar-refractivity contribution in [3.63, 3.8) is 0 Å². The van der Waals surface area contributed by atoms with Crippen LogP contribution in [0.2, 0.25) is 0 Å². The SMILES string of the molecule is CCOc1c(C)cccc1C#N. The van der Waals surface area contributed by atoms with Gasteiger partial charge in [-0.25, -0.2) is 0 Å². The zero-order valence-corrected chi connectivity index (χ0v) is 7.29. The first kappa shape index (κ1) is 8.61. The van der Waals surface area contributed by atoms with Gasteiger partial charge in [0.15, 0.2) is 0 Å². The average molecular weight is 161 g/mol. The molecule has 2 heteroatoms. The lowest BCUT2D eigenvalue weighted by molar-refractivity contribution is 0.337. The maximum atomic E-state index is 8.74. The molecule has 0 aromatic heterocycles. The van der Waals surface area contributed by atoms with Crippen molar-refractivity contribution >= 4 is 0 Å². The third-order valence-electron chi connectivity index (χ3n) is 1.62. The van der Waals surface area contributed by atoms with Crippen LogP contribution in [0.5, 0.6) is 5.75 Å². The van der Waals surface area contributed by atoms with E-state index in [9.17, 15) is 0 Å². The van der Waals surface area contributed by atoms with Crippen molar-refractivity contribution in [3.8, 4) is 11.8 Å². The lowest BCUT2D eigenvalue weighted by Crippen LogP contribution is -1.96. The van der Waals surface area contributed by atoms with Gasteiger partial charge in [0.2, 0.25) is 0 Å². The van der Waals surface area contributed by atoms with Gasteiger partial charge in [0, 0.05) is 0 Å². The second-order valence-electron chi connectivity index (χ2n) is 2.50. The normalized spacial score (nSPS) is 9.08. The van der Waals surface area contributed by atoms with Crippen LogP contribution in [0.15, 0.2) is 18.2 Å². The molecule has 0 saturated carbocycles. The molecule has 2 nitrogen and oxygen atoms in total. The van der Waals surface area contributed by atoms with Gasteiger partial charge in [-0.2, -0.15) is 5.26 Å². The summed E-state index contributed by atoms with van der Waals surface area (Å²) in [6, 6.07) is 7.65. The number of ether oxygens (including phenoxy) is 1. The molecule has 12 heavy (non-hydrogen) atoms. The van der Waals surface area contributed by atoms with E-state index in [1.807, 2.05) is 26.0 Å². The molecule has 0 atom stereocenters. The van der Waals surface area contributed by atoms with Gasteiger partial charge in [-0.05, 0) is 25.5 Å². The number of benzene rings is 1. The number of para-hydroxylation sites is 1. The fourth-order valence-electron chi connectivity index (χ4n) is 1.08. The minimum atomic E-state index is 0.597. The van der Waals surface area contributed by atoms with E-state index >= 15 is 0 Å². The third kappa shape index (κ3) is 1.57. The highest BCUT2D eigenvalue weighted by molar-refractivity contribution is 5.47. The zero-order valence-electron chi connectivity index (χ0n) is 7.29. The van der Waals surface area contributed by atoms with E-state index in [0.29, 0.717) is 17.9 Å². The molecule has 1 rings (SSSR count). The Bertz CT molecular complexity index is 312. The quantitative estimate of drug-likeness (QED) is 0.666. The predicted molar refractivity (Wildman–Crippen MR) is 47.1 cm³/mol. The predicted octanol–water partition coefficient (Wildman–Crippen LogP) is 2.27. The summed E-state index contributed by atoms with van der Waals surface area (Å²) in [7, 11) is 0. The van der Waals surface area contributed by atoms with Crippen molar-refractivity contribution in [2.75, 3.05) is 6.61 Å². The molecule has 0 amide bonds. The van der Waals surface area contributed by atoms with Gasteiger partial charge in [0.1, 0.15) is 11.8 Å². The van der Waals surface area contributed by atoms with E-state index in [0.717, 1.165) is 5.56 Å². The van der Waals surface area contributed by atoms with Crippen LogP contribution in [0.4, 0.5) is 0 Å². The monoisotopic (exact) mass is 161 g/mol. The van der Waals surface area contributed by atoms with Crippen molar-refractivity contribution in [1.29, 1.82) is 5.26 Å². The summed E-state index contributed by atoms with van der Waals surface area (Å²) in [5, 5.41) is 8.74. The number of nitrogens with zero attached hydrogens (tertiary/aromatic N) is 1.